The molecule has 0 aliphatic rings. The fraction of sp³-hybridized carbons (Fsp3) is 0.161. The Kier molecular flexibility index (Phi) is 14.0. The number of aromatic carboxylic acids is 1. The Labute approximate surface area is 332 Å². The molecule has 5 aromatic rings. The largest absolute Gasteiger partial charge is 0.506 e. The van der Waals surface area contributed by atoms with Gasteiger partial charge >= 0.3 is 5.97 Å². The maximum atomic E-state index is 13.2. The van der Waals surface area contributed by atoms with E-state index in [-0.39, 0.29) is 50.0 Å². The number of H-pyrrole nitrogens is 1. The van der Waals surface area contributed by atoms with Gasteiger partial charge in [0, 0.05) is 40.5 Å². The summed E-state index contributed by atoms with van der Waals surface area (Å²) >= 11 is 2.05. The van der Waals surface area contributed by atoms with E-state index < -0.39 is 64.9 Å². The van der Waals surface area contributed by atoms with Crippen molar-refractivity contribution in [2.45, 2.75) is 14.7 Å². The molecule has 0 bridgehead atoms. The molecule has 0 saturated carbocycles. The predicted molar refractivity (Wildman–Crippen MR) is 210 cm³/mol. The van der Waals surface area contributed by atoms with E-state index in [1.54, 1.807) is 0 Å². The van der Waals surface area contributed by atoms with Crippen molar-refractivity contribution < 1.29 is 60.9 Å². The van der Waals surface area contributed by atoms with Crippen molar-refractivity contribution in [2.75, 3.05) is 30.9 Å². The molecule has 0 fully saturated rings. The number of hydrogen-bond acceptors (Lipinski definition) is 19. The number of aromatic hydroxyl groups is 2. The first kappa shape index (κ1) is 43.2. The molecule has 5 rings (SSSR count). The average molecular weight is 884 g/mol. The van der Waals surface area contributed by atoms with Crippen molar-refractivity contribution in [1.82, 2.24) is 14.9 Å². The fourth-order valence-corrected chi connectivity index (χ4v) is 9.13. The van der Waals surface area contributed by atoms with Gasteiger partial charge in [0.05, 0.1) is 36.3 Å². The molecule has 1 atom stereocenters. The minimum atomic E-state index is -5.07. The first-order valence-electron chi connectivity index (χ1n) is 15.7. The summed E-state index contributed by atoms with van der Waals surface area (Å²) in [7, 11) is -5.48. The van der Waals surface area contributed by atoms with Crippen LogP contribution < -0.4 is 15.4 Å². The predicted octanol–water partition coefficient (Wildman–Crippen LogP) is 5.83. The lowest BCUT2D eigenvalue weighted by Gasteiger charge is -2.12. The third-order valence-electron chi connectivity index (χ3n) is 7.66. The standard InChI is InChI=1S/C31H30N7O14PS4/c1-50-23-14-21(22(39)15-24(23)56(45,46)11-10-54-9-8-32-53)34-35-26-25(57(47,48)49)12-16-2-3-17(13-20(16)29(26)40)33-36-27-28(31(42)43)37-38(30(27)41)18-4-6-19(7-5-18)55-52-51-44/h2-7,12-15,32,37,39-40,44H,8-11,53H2,1H3,(H,42,43)(H,47,48,49). The number of nitrogens with zero attached hydrogens (tertiary/aromatic N) is 5. The van der Waals surface area contributed by atoms with Crippen molar-refractivity contribution in [2.24, 2.45) is 20.5 Å². The van der Waals surface area contributed by atoms with Gasteiger partial charge in [0.1, 0.15) is 32.7 Å². The minimum absolute atomic E-state index is 0.0490. The van der Waals surface area contributed by atoms with Crippen molar-refractivity contribution in [3.05, 3.63) is 76.7 Å². The Morgan fingerprint density at radius 2 is 1.67 bits per heavy atom. The number of thioether (sulfide) groups is 1. The molecule has 0 radical (unpaired) electrons. The number of nitrogens with one attached hydrogen (secondary N) is 2. The Hall–Kier alpha value is -4.95. The van der Waals surface area contributed by atoms with Gasteiger partial charge in [-0.25, -0.2) is 23.2 Å². The quantitative estimate of drug-likeness (QED) is 0.0104. The van der Waals surface area contributed by atoms with E-state index >= 15 is 0 Å². The molecule has 0 aliphatic carbocycles. The number of azo groups is 2. The third kappa shape index (κ3) is 10.1. The number of aromatic amines is 1. The molecular formula is C31H30N7O14PS4. The minimum Gasteiger partial charge on any atom is -0.506 e. The van der Waals surface area contributed by atoms with Gasteiger partial charge in [0.15, 0.2) is 27.0 Å². The number of carbonyl (C=O) groups is 1. The van der Waals surface area contributed by atoms with Crippen LogP contribution in [0.25, 0.3) is 16.5 Å². The van der Waals surface area contributed by atoms with E-state index in [0.29, 0.717) is 29.2 Å². The number of phenolic OH excluding ortho intramolecular Hbond substituents is 2. The zero-order valence-corrected chi connectivity index (χ0v) is 33.4. The summed E-state index contributed by atoms with van der Waals surface area (Å²) in [4.78, 5) is 24.5. The number of carboxylic acid groups (broad SMARTS) is 1. The molecule has 7 N–H and O–H groups in total. The Balaban J connectivity index is 1.50. The summed E-state index contributed by atoms with van der Waals surface area (Å²) in [6.07, 6.45) is 0. The zero-order valence-electron chi connectivity index (χ0n) is 29.0. The topological polar surface area (TPSA) is 313 Å². The van der Waals surface area contributed by atoms with E-state index in [0.717, 1.165) is 22.9 Å². The van der Waals surface area contributed by atoms with Gasteiger partial charge in [-0.2, -0.15) is 25.3 Å². The van der Waals surface area contributed by atoms with Crippen molar-refractivity contribution in [1.29, 1.82) is 0 Å². The van der Waals surface area contributed by atoms with Crippen LogP contribution >= 0.6 is 33.2 Å². The second kappa shape index (κ2) is 18.5. The van der Waals surface area contributed by atoms with Crippen LogP contribution in [0.3, 0.4) is 0 Å². The molecule has 0 saturated heterocycles. The van der Waals surface area contributed by atoms with Crippen LogP contribution in [0.5, 0.6) is 17.2 Å². The summed E-state index contributed by atoms with van der Waals surface area (Å²) in [5, 5.41) is 64.2. The van der Waals surface area contributed by atoms with Gasteiger partial charge in [0.25, 0.3) is 15.7 Å². The lowest BCUT2D eigenvalue weighted by molar-refractivity contribution is -0.432. The molecule has 0 amide bonds. The first-order valence-corrected chi connectivity index (χ1v) is 21.2. The van der Waals surface area contributed by atoms with Crippen molar-refractivity contribution in [3.8, 4) is 22.9 Å². The molecular weight excluding hydrogens is 854 g/mol. The highest BCUT2D eigenvalue weighted by molar-refractivity contribution is 8.00. The van der Waals surface area contributed by atoms with Crippen LogP contribution in [-0.4, -0.2) is 88.6 Å². The molecule has 1 heterocycles. The summed E-state index contributed by atoms with van der Waals surface area (Å²) in [6, 6.07) is 12.5. The number of fused-ring (bicyclic) bond motifs is 1. The Morgan fingerprint density at radius 3 is 2.32 bits per heavy atom. The van der Waals surface area contributed by atoms with Crippen LogP contribution in [0.15, 0.2) is 101 Å². The molecule has 57 heavy (non-hydrogen) atoms. The van der Waals surface area contributed by atoms with Gasteiger partial charge in [0.2, 0.25) is 0 Å². The van der Waals surface area contributed by atoms with Crippen LogP contribution in [-0.2, 0) is 29.3 Å². The number of benzene rings is 4. The number of ether oxygens (including phenoxy) is 1. The van der Waals surface area contributed by atoms with Crippen molar-refractivity contribution >= 4 is 92.6 Å². The molecule has 1 unspecified atom stereocenters. The molecule has 1 aromatic heterocycles. The van der Waals surface area contributed by atoms with Gasteiger partial charge in [-0.3, -0.25) is 19.5 Å². The van der Waals surface area contributed by atoms with Crippen molar-refractivity contribution in [3.63, 3.8) is 0 Å². The molecule has 4 aromatic carbocycles. The van der Waals surface area contributed by atoms with E-state index in [9.17, 15) is 46.3 Å². The zero-order chi connectivity index (χ0) is 41.5. The highest BCUT2D eigenvalue weighted by Crippen LogP contribution is 2.44. The second-order valence-electron chi connectivity index (χ2n) is 11.2. The summed E-state index contributed by atoms with van der Waals surface area (Å²) in [6.45, 7) is 0.643. The van der Waals surface area contributed by atoms with E-state index in [4.69, 9.17) is 9.99 Å². The number of aromatic nitrogens is 2. The van der Waals surface area contributed by atoms with E-state index in [2.05, 4.69) is 49.4 Å². The lowest BCUT2D eigenvalue weighted by Crippen LogP contribution is -2.13. The third-order valence-corrected chi connectivity index (χ3v) is 12.4. The number of rotatable bonds is 18. The monoisotopic (exact) mass is 883 g/mol. The van der Waals surface area contributed by atoms with Gasteiger partial charge < -0.3 is 20.1 Å². The fourth-order valence-electron chi connectivity index (χ4n) is 4.99. The van der Waals surface area contributed by atoms with Gasteiger partial charge in [-0.1, -0.05) is 20.5 Å². The normalized spacial score (nSPS) is 12.3. The summed E-state index contributed by atoms with van der Waals surface area (Å²) in [5.74, 6) is -2.63. The molecule has 0 spiro atoms. The number of sulfone groups is 1. The Bertz CT molecular complexity index is 2650. The van der Waals surface area contributed by atoms with E-state index in [1.807, 2.05) is 0 Å². The van der Waals surface area contributed by atoms with Crippen LogP contribution in [0, 0.1) is 0 Å². The molecule has 302 valence electrons. The number of phenols is 2. The maximum Gasteiger partial charge on any atom is 0.356 e. The molecule has 0 aliphatic heterocycles. The first-order chi connectivity index (χ1) is 27.1. The number of methoxy groups -OCH3 is 1. The molecule has 21 nitrogen and oxygen atoms in total. The summed E-state index contributed by atoms with van der Waals surface area (Å²) in [5.41, 5.74) is -3.16. The maximum absolute atomic E-state index is 13.2. The lowest BCUT2D eigenvalue weighted by atomic mass is 10.1. The SMILES string of the molecule is COc1cc(N=Nc2c(S(=O)(=O)O)cc3ccc(N=Nc4c(C(=O)O)[nH]n(-c5ccc(SOOO)cc5)c4=O)cc3c2O)c(O)cc1S(=O)(=O)CCSCCNP. The summed E-state index contributed by atoms with van der Waals surface area (Å²) < 4.78 is 71.4. The van der Waals surface area contributed by atoms with Gasteiger partial charge in [-0.15, -0.1) is 19.7 Å². The number of carboxylic acids is 1. The highest BCUT2D eigenvalue weighted by Gasteiger charge is 2.25. The van der Waals surface area contributed by atoms with Crippen LogP contribution in [0.4, 0.5) is 22.7 Å². The highest BCUT2D eigenvalue weighted by atomic mass is 32.2. The average Bonchev–Trinajstić information content (AvgIpc) is 3.51. The van der Waals surface area contributed by atoms with Crippen LogP contribution in [0.2, 0.25) is 0 Å². The van der Waals surface area contributed by atoms with Crippen LogP contribution in [0.1, 0.15) is 10.5 Å². The number of hydrogen-bond donors (Lipinski definition) is 7. The van der Waals surface area contributed by atoms with E-state index in [1.165, 1.54) is 61.3 Å². The molecule has 26 heteroatoms. The second-order valence-corrected chi connectivity index (χ2v) is 17.1. The smallest absolute Gasteiger partial charge is 0.356 e. The Morgan fingerprint density at radius 1 is 0.947 bits per heavy atom. The van der Waals surface area contributed by atoms with Gasteiger partial charge in [-0.05, 0) is 47.9 Å².